The molecule has 9 aromatic heterocycles. The van der Waals surface area contributed by atoms with Crippen LogP contribution in [0.5, 0.6) is 11.5 Å². The number of ether oxygens (including phenoxy) is 3. The fourth-order valence-corrected chi connectivity index (χ4v) is 20.4. The standard InChI is InChI=1S/C33H29ClN4O.C28H24ClN5OS.C28H28ClN3O2.C24H22ClN3O2/c34-29-14-11-24(12-15-29)32-30(38-21-26(13-16-31(38)35-32)23-7-3-1-4-8-23)22-36-17-27-19-37(20-28(27)18-36)33(39)25-9-5-2-6-10-25;29-23-9-6-21(7-10-23)27-25(17-32-12-14-33(15-13-32)28(35)24-18-36-19-30-24)34-16-22(8-11-26(34)31-27)20-4-2-1-3-5-20;1-2-34-28(33)22-14-16-31(17-15-22)19-25-27(21-8-11-24(29)12-9-21)30-26-13-10-23(18-32(25)26)20-6-4-3-5-7-20;25-19-8-6-18(7-9-19)24-22(17-27-12-14-29-15-13-27)28-16-21(10-11-23(28)26-24)30-20-4-2-1-3-5-20/h1-16,21,27-28H,17-20,22H2;1-11,16,18-19H,12-15,17H2;3-13,18,22H,2,14-17,19H2,1H3;1-11,16H,12-15,17H2. The van der Waals surface area contributed by atoms with Crippen LogP contribution in [0.1, 0.15) is 63.4 Å². The van der Waals surface area contributed by atoms with E-state index in [0.717, 1.165) is 246 Å². The zero-order chi connectivity index (χ0) is 94.7. The van der Waals surface area contributed by atoms with Crippen molar-refractivity contribution in [1.82, 2.24) is 71.9 Å². The Morgan fingerprint density at radius 2 is 0.712 bits per heavy atom. The molecule has 0 radical (unpaired) electrons. The third-order valence-corrected chi connectivity index (χ3v) is 28.2. The summed E-state index contributed by atoms with van der Waals surface area (Å²) in [5, 5.41) is 4.67. The number of piperidine rings is 1. The molecule has 21 nitrogen and oxygen atoms in total. The Balaban J connectivity index is 0.000000115. The van der Waals surface area contributed by atoms with Crippen molar-refractivity contribution in [2.75, 3.05) is 98.4 Å². The number of imidazole rings is 4. The van der Waals surface area contributed by atoms with Crippen LogP contribution in [0.2, 0.25) is 20.1 Å². The lowest BCUT2D eigenvalue weighted by atomic mass is 9.96. The van der Waals surface area contributed by atoms with Crippen LogP contribution in [0, 0.1) is 17.8 Å². The maximum absolute atomic E-state index is 13.0. The number of pyridine rings is 4. The van der Waals surface area contributed by atoms with Crippen LogP contribution in [0.4, 0.5) is 0 Å². The minimum absolute atomic E-state index is 0.00111. The molecule has 5 aliphatic rings. The minimum atomic E-state index is -0.0636. The van der Waals surface area contributed by atoms with E-state index in [1.807, 2.05) is 204 Å². The zero-order valence-electron chi connectivity index (χ0n) is 76.9. The molecule has 5 fully saturated rings. The second-order valence-electron chi connectivity index (χ2n) is 35.6. The molecule has 0 bridgehead atoms. The van der Waals surface area contributed by atoms with Crippen molar-refractivity contribution < 1.29 is 28.6 Å². The van der Waals surface area contributed by atoms with Crippen molar-refractivity contribution in [3.63, 3.8) is 0 Å². The van der Waals surface area contributed by atoms with Crippen molar-refractivity contribution in [3.05, 3.63) is 387 Å². The molecular weight excluding hydrogens is 1840 g/mol. The molecule has 9 aromatic carbocycles. The number of fused-ring (bicyclic) bond motifs is 5. The molecule has 0 saturated carbocycles. The number of aromatic nitrogens is 9. The number of benzene rings is 9. The maximum atomic E-state index is 13.0. The topological polar surface area (TPSA) is 180 Å². The Hall–Kier alpha value is -13.5. The van der Waals surface area contributed by atoms with E-state index in [9.17, 15) is 14.4 Å². The lowest BCUT2D eigenvalue weighted by Crippen LogP contribution is -2.48. The summed E-state index contributed by atoms with van der Waals surface area (Å²) in [4.78, 5) is 75.8. The van der Waals surface area contributed by atoms with Gasteiger partial charge in [0.25, 0.3) is 11.8 Å². The fourth-order valence-electron chi connectivity index (χ4n) is 19.3. The predicted octanol–water partition coefficient (Wildman–Crippen LogP) is 23.6. The first-order valence-corrected chi connectivity index (χ1v) is 49.7. The molecule has 0 spiro atoms. The summed E-state index contributed by atoms with van der Waals surface area (Å²) in [6, 6.07) is 98.9. The first-order chi connectivity index (χ1) is 68.2. The molecule has 2 unspecified atom stereocenters. The Kier molecular flexibility index (Phi) is 29.0. The highest BCUT2D eigenvalue weighted by atomic mass is 35.5. The van der Waals surface area contributed by atoms with Crippen molar-refractivity contribution in [2.45, 2.75) is 45.9 Å². The van der Waals surface area contributed by atoms with Crippen LogP contribution in [0.25, 0.3) is 101 Å². The predicted molar refractivity (Wildman–Crippen MR) is 554 cm³/mol. The third kappa shape index (κ3) is 21.9. The van der Waals surface area contributed by atoms with Crippen LogP contribution < -0.4 is 4.74 Å². The molecule has 14 heterocycles. The number of piperazine rings is 1. The van der Waals surface area contributed by atoms with Crippen molar-refractivity contribution in [3.8, 4) is 89.9 Å². The quantitative estimate of drug-likeness (QED) is 0.0619. The summed E-state index contributed by atoms with van der Waals surface area (Å²) in [6.45, 7) is 17.0. The van der Waals surface area contributed by atoms with Gasteiger partial charge in [0.2, 0.25) is 0 Å². The third-order valence-electron chi connectivity index (χ3n) is 26.6. The van der Waals surface area contributed by atoms with Crippen LogP contribution in [0.15, 0.2) is 333 Å². The highest BCUT2D eigenvalue weighted by molar-refractivity contribution is 7.07. The number of halogens is 4. The summed E-state index contributed by atoms with van der Waals surface area (Å²) < 4.78 is 25.6. The molecule has 26 heteroatoms. The minimum Gasteiger partial charge on any atom is -0.466 e. The Morgan fingerprint density at radius 3 is 1.11 bits per heavy atom. The zero-order valence-corrected chi connectivity index (χ0v) is 80.8. The molecule has 18 aromatic rings. The number of nitrogens with zero attached hydrogens (tertiary/aromatic N) is 15. The number of morpholine rings is 1. The van der Waals surface area contributed by atoms with E-state index >= 15 is 0 Å². The molecular formula is C113H103Cl4N15O6S. The molecule has 700 valence electrons. The van der Waals surface area contributed by atoms with E-state index in [4.69, 9.17) is 80.6 Å². The fraction of sp³-hybridized carbons (Fsp3) is 0.221. The maximum Gasteiger partial charge on any atom is 0.309 e. The summed E-state index contributed by atoms with van der Waals surface area (Å²) >= 11 is 26.1. The molecule has 5 aliphatic heterocycles. The second-order valence-corrected chi connectivity index (χ2v) is 38.1. The van der Waals surface area contributed by atoms with E-state index in [1.165, 1.54) is 33.7 Å². The highest BCUT2D eigenvalue weighted by Gasteiger charge is 2.42. The lowest BCUT2D eigenvalue weighted by molar-refractivity contribution is -0.149. The number of thiazole rings is 1. The van der Waals surface area contributed by atoms with Gasteiger partial charge in [-0.05, 0) is 199 Å². The van der Waals surface area contributed by atoms with Crippen molar-refractivity contribution in [1.29, 1.82) is 0 Å². The Bertz CT molecular complexity index is 7250. The Labute approximate surface area is 831 Å². The summed E-state index contributed by atoms with van der Waals surface area (Å²) in [6.07, 6.45) is 10.2. The first-order valence-electron chi connectivity index (χ1n) is 47.3. The first kappa shape index (κ1) is 93.2. The van der Waals surface area contributed by atoms with Gasteiger partial charge in [-0.2, -0.15) is 0 Å². The number of esters is 1. The average Bonchev–Trinajstić information content (AvgIpc) is 1.62. The monoisotopic (exact) mass is 1940 g/mol. The number of para-hydroxylation sites is 1. The largest absolute Gasteiger partial charge is 0.466 e. The van der Waals surface area contributed by atoms with Gasteiger partial charge in [0.15, 0.2) is 0 Å². The average molecular weight is 1940 g/mol. The van der Waals surface area contributed by atoms with E-state index in [0.29, 0.717) is 47.3 Å². The molecule has 2 atom stereocenters. The number of likely N-dealkylation sites (tertiary alicyclic amines) is 3. The van der Waals surface area contributed by atoms with Gasteiger partial charge in [0.05, 0.1) is 83.0 Å². The normalized spacial score (nSPS) is 15.9. The number of carbonyl (C=O) groups excluding carboxylic acids is 3. The Morgan fingerprint density at radius 1 is 0.353 bits per heavy atom. The van der Waals surface area contributed by atoms with Gasteiger partial charge >= 0.3 is 5.97 Å². The van der Waals surface area contributed by atoms with Crippen LogP contribution in [0.3, 0.4) is 0 Å². The molecule has 2 amide bonds. The number of rotatable bonds is 21. The smallest absolute Gasteiger partial charge is 0.309 e. The van der Waals surface area contributed by atoms with Crippen molar-refractivity contribution in [2.24, 2.45) is 17.8 Å². The van der Waals surface area contributed by atoms with E-state index in [1.54, 1.807) is 5.51 Å². The molecule has 23 rings (SSSR count). The van der Waals surface area contributed by atoms with Crippen LogP contribution >= 0.6 is 57.7 Å². The van der Waals surface area contributed by atoms with Gasteiger partial charge in [-0.25, -0.2) is 24.9 Å². The van der Waals surface area contributed by atoms with E-state index in [2.05, 4.69) is 182 Å². The van der Waals surface area contributed by atoms with E-state index in [-0.39, 0.29) is 23.7 Å². The van der Waals surface area contributed by atoms with Crippen molar-refractivity contribution >= 4 is 98.1 Å². The number of hydrogen-bond acceptors (Lipinski definition) is 16. The highest BCUT2D eigenvalue weighted by Crippen LogP contribution is 2.40. The molecule has 5 saturated heterocycles. The van der Waals surface area contributed by atoms with E-state index < -0.39 is 0 Å². The van der Waals surface area contributed by atoms with Gasteiger partial charge in [-0.1, -0.05) is 222 Å². The molecule has 0 aliphatic carbocycles. The number of hydrogen-bond donors (Lipinski definition) is 0. The molecule has 0 N–H and O–H groups in total. The second kappa shape index (κ2) is 43.3. The van der Waals surface area contributed by atoms with Gasteiger partial charge in [0.1, 0.15) is 39.8 Å². The number of amides is 2. The van der Waals surface area contributed by atoms with Crippen LogP contribution in [-0.2, 0) is 40.4 Å². The summed E-state index contributed by atoms with van der Waals surface area (Å²) in [5.74, 6) is 2.68. The van der Waals surface area contributed by atoms with Gasteiger partial charge in [-0.3, -0.25) is 38.4 Å². The molecule has 139 heavy (non-hydrogen) atoms. The van der Waals surface area contributed by atoms with Gasteiger partial charge in [0, 0.05) is 164 Å². The number of carbonyl (C=O) groups is 3. The summed E-state index contributed by atoms with van der Waals surface area (Å²) in [7, 11) is 0. The van der Waals surface area contributed by atoms with Crippen LogP contribution in [-0.4, -0.2) is 188 Å². The van der Waals surface area contributed by atoms with Gasteiger partial charge in [-0.15, -0.1) is 11.3 Å². The van der Waals surface area contributed by atoms with Gasteiger partial charge < -0.3 is 37.2 Å². The SMILES string of the molecule is CCOC(=O)C1CCN(Cc2c(-c3ccc(Cl)cc3)nc3ccc(-c4ccccc4)cn23)CC1.Clc1ccc(-c2nc3ccc(Oc4ccccc4)cn3c2CN2CCOCC2)cc1.O=C(c1ccccc1)N1CC2CN(Cc3c(-c4ccc(Cl)cc4)nc4ccc(-c5ccccc5)cn34)CC2C1.O=C(c1cscn1)N1CCN(Cc2c(-c3ccc(Cl)cc3)nc3ccc(-c4ccccc4)cn23)CC1. The lowest BCUT2D eigenvalue weighted by Gasteiger charge is -2.34. The summed E-state index contributed by atoms with van der Waals surface area (Å²) in [5.41, 5.74) is 26.3.